The average molecular weight is 491 g/mol. The van der Waals surface area contributed by atoms with Gasteiger partial charge in [-0.3, -0.25) is 4.79 Å². The van der Waals surface area contributed by atoms with E-state index in [4.69, 9.17) is 4.52 Å². The average Bonchev–Trinajstić information content (AvgIpc) is 3.58. The lowest BCUT2D eigenvalue weighted by Crippen LogP contribution is -2.27. The molecule has 0 aliphatic heterocycles. The topological polar surface area (TPSA) is 160 Å². The highest BCUT2D eigenvalue weighted by Gasteiger charge is 2.21. The second kappa shape index (κ2) is 8.83. The van der Waals surface area contributed by atoms with E-state index in [1.807, 2.05) is 26.2 Å². The summed E-state index contributed by atoms with van der Waals surface area (Å²) in [5, 5.41) is 12.5. The minimum absolute atomic E-state index is 0.185. The molecule has 0 aliphatic rings. The van der Waals surface area contributed by atoms with Gasteiger partial charge in [0.1, 0.15) is 34.9 Å². The molecule has 0 radical (unpaired) electrons. The number of aromatic amines is 1. The molecule has 13 heteroatoms. The fourth-order valence-electron chi connectivity index (χ4n) is 3.18. The van der Waals surface area contributed by atoms with Crippen LogP contribution in [-0.2, 0) is 5.41 Å². The van der Waals surface area contributed by atoms with E-state index in [2.05, 4.69) is 50.7 Å². The first-order chi connectivity index (χ1) is 16.8. The van der Waals surface area contributed by atoms with Crippen molar-refractivity contribution in [1.29, 1.82) is 0 Å². The molecular weight excluding hydrogens is 468 g/mol. The molecule has 1 atom stereocenters. The van der Waals surface area contributed by atoms with Crippen LogP contribution in [0.1, 0.15) is 55.8 Å². The summed E-state index contributed by atoms with van der Waals surface area (Å²) in [7, 11) is 0. The standard InChI is InChI=1S/C22H22N10O2S/c1-11(27-19(33)13-8-16(26-10-25-13)29-21-23-5-6-35-21)15-7-12(32-34-15)17-28-14-9-24-20(22(2,3)4)31-18(14)30-17/h5-11H,1-4H3,(H,27,33)(H,23,25,26,29)(H,24,28,30,31). The van der Waals surface area contributed by atoms with Crippen molar-refractivity contribution in [3.8, 4) is 11.5 Å². The monoisotopic (exact) mass is 490 g/mol. The molecule has 1 amide bonds. The second-order valence-electron chi connectivity index (χ2n) is 8.82. The summed E-state index contributed by atoms with van der Waals surface area (Å²) in [6.07, 6.45) is 4.68. The molecule has 0 bridgehead atoms. The van der Waals surface area contributed by atoms with Gasteiger partial charge in [0, 0.05) is 29.1 Å². The summed E-state index contributed by atoms with van der Waals surface area (Å²) in [6, 6.07) is 2.80. The van der Waals surface area contributed by atoms with E-state index in [-0.39, 0.29) is 17.0 Å². The van der Waals surface area contributed by atoms with Gasteiger partial charge in [-0.1, -0.05) is 25.9 Å². The highest BCUT2D eigenvalue weighted by Crippen LogP contribution is 2.24. The Morgan fingerprint density at radius 1 is 1.14 bits per heavy atom. The number of hydrogen-bond acceptors (Lipinski definition) is 11. The summed E-state index contributed by atoms with van der Waals surface area (Å²) < 4.78 is 5.47. The number of carbonyl (C=O) groups is 1. The second-order valence-corrected chi connectivity index (χ2v) is 9.72. The van der Waals surface area contributed by atoms with E-state index in [1.165, 1.54) is 17.7 Å². The predicted molar refractivity (Wildman–Crippen MR) is 129 cm³/mol. The third-order valence-electron chi connectivity index (χ3n) is 5.02. The third kappa shape index (κ3) is 4.84. The van der Waals surface area contributed by atoms with Crippen molar-refractivity contribution in [2.45, 2.75) is 39.2 Å². The third-order valence-corrected chi connectivity index (χ3v) is 5.71. The van der Waals surface area contributed by atoms with Gasteiger partial charge in [0.2, 0.25) is 0 Å². The number of H-pyrrole nitrogens is 1. The zero-order valence-corrected chi connectivity index (χ0v) is 20.2. The van der Waals surface area contributed by atoms with Gasteiger partial charge in [0.05, 0.1) is 12.2 Å². The number of rotatable bonds is 6. The molecule has 0 spiro atoms. The van der Waals surface area contributed by atoms with Crippen molar-refractivity contribution in [3.05, 3.63) is 53.5 Å². The summed E-state index contributed by atoms with van der Waals surface area (Å²) >= 11 is 1.43. The zero-order chi connectivity index (χ0) is 24.6. The Morgan fingerprint density at radius 2 is 2.00 bits per heavy atom. The smallest absolute Gasteiger partial charge is 0.270 e. The fourth-order valence-corrected chi connectivity index (χ4v) is 3.72. The molecular formula is C22H22N10O2S. The SMILES string of the molecule is CC(NC(=O)c1cc(Nc2nccs2)ncn1)c1cc(-c2nc3cnc(C(C)(C)C)nc3[nH]2)no1. The van der Waals surface area contributed by atoms with Gasteiger partial charge < -0.3 is 20.1 Å². The lowest BCUT2D eigenvalue weighted by Gasteiger charge is -2.15. The van der Waals surface area contributed by atoms with Crippen molar-refractivity contribution in [3.63, 3.8) is 0 Å². The molecule has 1 unspecified atom stereocenters. The highest BCUT2D eigenvalue weighted by molar-refractivity contribution is 7.13. The van der Waals surface area contributed by atoms with Crippen LogP contribution in [-0.4, -0.2) is 46.0 Å². The van der Waals surface area contributed by atoms with Crippen LogP contribution in [0, 0.1) is 0 Å². The molecule has 5 heterocycles. The van der Waals surface area contributed by atoms with Crippen LogP contribution < -0.4 is 10.6 Å². The fraction of sp³-hybridized carbons (Fsp3) is 0.273. The van der Waals surface area contributed by atoms with E-state index in [0.29, 0.717) is 45.2 Å². The Balaban J connectivity index is 1.29. The molecule has 0 aliphatic carbocycles. The lowest BCUT2D eigenvalue weighted by molar-refractivity contribution is 0.0928. The van der Waals surface area contributed by atoms with Gasteiger partial charge in [0.15, 0.2) is 22.4 Å². The molecule has 0 saturated heterocycles. The minimum Gasteiger partial charge on any atom is -0.358 e. The van der Waals surface area contributed by atoms with Crippen LogP contribution in [0.2, 0.25) is 0 Å². The minimum atomic E-state index is -0.467. The Bertz CT molecular complexity index is 1490. The first-order valence-corrected chi connectivity index (χ1v) is 11.6. The van der Waals surface area contributed by atoms with Crippen LogP contribution >= 0.6 is 11.3 Å². The quantitative estimate of drug-likeness (QED) is 0.319. The number of amides is 1. The number of imidazole rings is 1. The Morgan fingerprint density at radius 3 is 2.77 bits per heavy atom. The van der Waals surface area contributed by atoms with Crippen molar-refractivity contribution in [2.75, 3.05) is 5.32 Å². The molecule has 0 saturated carbocycles. The Labute approximate surface area is 203 Å². The normalized spacial score (nSPS) is 12.6. The highest BCUT2D eigenvalue weighted by atomic mass is 32.1. The van der Waals surface area contributed by atoms with Crippen molar-refractivity contribution in [1.82, 2.24) is 45.4 Å². The number of thiazole rings is 1. The van der Waals surface area contributed by atoms with Crippen molar-refractivity contribution < 1.29 is 9.32 Å². The van der Waals surface area contributed by atoms with Crippen LogP contribution in [0.15, 0.2) is 40.8 Å². The van der Waals surface area contributed by atoms with E-state index in [0.717, 1.165) is 0 Å². The molecule has 5 aromatic rings. The maximum atomic E-state index is 12.8. The first kappa shape index (κ1) is 22.5. The van der Waals surface area contributed by atoms with Crippen LogP contribution in [0.4, 0.5) is 10.9 Å². The lowest BCUT2D eigenvalue weighted by atomic mass is 9.96. The van der Waals surface area contributed by atoms with E-state index >= 15 is 0 Å². The van der Waals surface area contributed by atoms with Crippen molar-refractivity contribution in [2.24, 2.45) is 0 Å². The molecule has 35 heavy (non-hydrogen) atoms. The molecule has 0 fully saturated rings. The summed E-state index contributed by atoms with van der Waals surface area (Å²) in [5.41, 5.74) is 1.77. The summed E-state index contributed by atoms with van der Waals surface area (Å²) in [6.45, 7) is 7.93. The molecule has 178 valence electrons. The molecule has 5 rings (SSSR count). The summed E-state index contributed by atoms with van der Waals surface area (Å²) in [5.74, 6) is 1.77. The van der Waals surface area contributed by atoms with Gasteiger partial charge in [0.25, 0.3) is 5.91 Å². The number of anilines is 2. The number of hydrogen-bond donors (Lipinski definition) is 3. The van der Waals surface area contributed by atoms with E-state index in [9.17, 15) is 4.79 Å². The Kier molecular flexibility index (Phi) is 5.68. The number of carbonyl (C=O) groups excluding carboxylic acids is 1. The van der Waals surface area contributed by atoms with E-state index < -0.39 is 6.04 Å². The number of fused-ring (bicyclic) bond motifs is 1. The van der Waals surface area contributed by atoms with Crippen LogP contribution in [0.25, 0.3) is 22.7 Å². The maximum Gasteiger partial charge on any atom is 0.270 e. The van der Waals surface area contributed by atoms with Gasteiger partial charge in [-0.05, 0) is 6.92 Å². The first-order valence-electron chi connectivity index (χ1n) is 10.8. The van der Waals surface area contributed by atoms with Crippen LogP contribution in [0.5, 0.6) is 0 Å². The molecule has 0 aromatic carbocycles. The molecule has 3 N–H and O–H groups in total. The molecule has 5 aromatic heterocycles. The van der Waals surface area contributed by atoms with Gasteiger partial charge >= 0.3 is 0 Å². The van der Waals surface area contributed by atoms with Gasteiger partial charge in [-0.25, -0.2) is 29.9 Å². The van der Waals surface area contributed by atoms with Gasteiger partial charge in [-0.2, -0.15) is 0 Å². The number of nitrogens with zero attached hydrogens (tertiary/aromatic N) is 7. The van der Waals surface area contributed by atoms with Gasteiger partial charge in [-0.15, -0.1) is 11.3 Å². The Hall–Kier alpha value is -4.26. The van der Waals surface area contributed by atoms with Crippen molar-refractivity contribution >= 4 is 39.4 Å². The van der Waals surface area contributed by atoms with E-state index in [1.54, 1.807) is 31.5 Å². The maximum absolute atomic E-state index is 12.8. The van der Waals surface area contributed by atoms with Crippen LogP contribution in [0.3, 0.4) is 0 Å². The largest absolute Gasteiger partial charge is 0.358 e. The molecule has 12 nitrogen and oxygen atoms in total. The number of aromatic nitrogens is 8. The zero-order valence-electron chi connectivity index (χ0n) is 19.4. The summed E-state index contributed by atoms with van der Waals surface area (Å²) in [4.78, 5) is 41.7. The number of nitrogens with one attached hydrogen (secondary N) is 3. The predicted octanol–water partition coefficient (Wildman–Crippen LogP) is 3.79.